The Hall–Kier alpha value is -1.13. The van der Waals surface area contributed by atoms with Crippen LogP contribution in [0.1, 0.15) is 25.8 Å². The van der Waals surface area contributed by atoms with Crippen LogP contribution in [0.5, 0.6) is 0 Å². The molecule has 0 radical (unpaired) electrons. The lowest BCUT2D eigenvalue weighted by Gasteiger charge is -2.37. The van der Waals surface area contributed by atoms with Crippen molar-refractivity contribution in [2.45, 2.75) is 32.9 Å². The Kier molecular flexibility index (Phi) is 4.77. The van der Waals surface area contributed by atoms with Gasteiger partial charge in [-0.1, -0.05) is 13.8 Å². The first-order valence-electron chi connectivity index (χ1n) is 7.04. The van der Waals surface area contributed by atoms with Crippen LogP contribution in [-0.4, -0.2) is 30.8 Å². The zero-order valence-corrected chi connectivity index (χ0v) is 11.7. The minimum absolute atomic E-state index is 0.206. The molecule has 4 heteroatoms. The topological polar surface area (TPSA) is 35.5 Å². The van der Waals surface area contributed by atoms with Gasteiger partial charge in [0.05, 0.1) is 6.10 Å². The van der Waals surface area contributed by atoms with Gasteiger partial charge in [0, 0.05) is 25.3 Å². The number of nitrogens with one attached hydrogen (secondary N) is 1. The minimum Gasteiger partial charge on any atom is -0.391 e. The standard InChI is InChI=1S/C15H23FN2O/c1-3-17-9-12-8-13(16)4-5-14(12)18-7-6-11(2)15(19)10-18/h4-5,8,11,15,17,19H,3,6-7,9-10H2,1-2H3. The van der Waals surface area contributed by atoms with E-state index in [0.29, 0.717) is 19.0 Å². The van der Waals surface area contributed by atoms with Crippen LogP contribution in [0, 0.1) is 11.7 Å². The van der Waals surface area contributed by atoms with Gasteiger partial charge in [-0.25, -0.2) is 4.39 Å². The summed E-state index contributed by atoms with van der Waals surface area (Å²) >= 11 is 0. The molecule has 1 aliphatic heterocycles. The van der Waals surface area contributed by atoms with E-state index >= 15 is 0 Å². The average molecular weight is 266 g/mol. The third kappa shape index (κ3) is 3.45. The van der Waals surface area contributed by atoms with Gasteiger partial charge in [0.15, 0.2) is 0 Å². The maximum atomic E-state index is 13.4. The average Bonchev–Trinajstić information content (AvgIpc) is 2.40. The van der Waals surface area contributed by atoms with Crippen LogP contribution in [0.15, 0.2) is 18.2 Å². The first-order valence-corrected chi connectivity index (χ1v) is 7.04. The lowest BCUT2D eigenvalue weighted by Crippen LogP contribution is -2.43. The summed E-state index contributed by atoms with van der Waals surface area (Å²) in [5.41, 5.74) is 2.00. The predicted octanol–water partition coefficient (Wildman–Crippen LogP) is 2.14. The van der Waals surface area contributed by atoms with E-state index in [-0.39, 0.29) is 11.9 Å². The fourth-order valence-electron chi connectivity index (χ4n) is 2.53. The number of hydrogen-bond acceptors (Lipinski definition) is 3. The molecule has 2 N–H and O–H groups in total. The summed E-state index contributed by atoms with van der Waals surface area (Å²) in [6, 6.07) is 4.91. The Balaban J connectivity index is 2.18. The number of aliphatic hydroxyl groups excluding tert-OH is 1. The van der Waals surface area contributed by atoms with Crippen molar-refractivity contribution in [1.29, 1.82) is 0 Å². The van der Waals surface area contributed by atoms with E-state index in [9.17, 15) is 9.50 Å². The van der Waals surface area contributed by atoms with Gasteiger partial charge < -0.3 is 15.3 Å². The molecule has 1 aliphatic rings. The summed E-state index contributed by atoms with van der Waals surface area (Å²) in [5.74, 6) is 0.136. The van der Waals surface area contributed by atoms with Crippen LogP contribution in [0.3, 0.4) is 0 Å². The molecule has 19 heavy (non-hydrogen) atoms. The second kappa shape index (κ2) is 6.35. The number of aliphatic hydroxyl groups is 1. The summed E-state index contributed by atoms with van der Waals surface area (Å²) in [5, 5.41) is 13.2. The lowest BCUT2D eigenvalue weighted by molar-refractivity contribution is 0.103. The number of benzene rings is 1. The quantitative estimate of drug-likeness (QED) is 0.876. The highest BCUT2D eigenvalue weighted by Crippen LogP contribution is 2.27. The van der Waals surface area contributed by atoms with Gasteiger partial charge in [0.1, 0.15) is 5.82 Å². The van der Waals surface area contributed by atoms with Crippen LogP contribution >= 0.6 is 0 Å². The fraction of sp³-hybridized carbons (Fsp3) is 0.600. The van der Waals surface area contributed by atoms with Crippen LogP contribution in [0.2, 0.25) is 0 Å². The van der Waals surface area contributed by atoms with Gasteiger partial charge in [-0.15, -0.1) is 0 Å². The van der Waals surface area contributed by atoms with Crippen molar-refractivity contribution in [2.75, 3.05) is 24.5 Å². The molecular formula is C15H23FN2O. The Labute approximate surface area is 114 Å². The molecule has 1 fully saturated rings. The SMILES string of the molecule is CCNCc1cc(F)ccc1N1CCC(C)C(O)C1. The maximum absolute atomic E-state index is 13.4. The molecule has 1 heterocycles. The molecule has 2 unspecified atom stereocenters. The smallest absolute Gasteiger partial charge is 0.123 e. The van der Waals surface area contributed by atoms with Gasteiger partial charge in [0.25, 0.3) is 0 Å². The van der Waals surface area contributed by atoms with Crippen molar-refractivity contribution in [2.24, 2.45) is 5.92 Å². The van der Waals surface area contributed by atoms with Crippen LogP contribution in [-0.2, 0) is 6.54 Å². The molecule has 0 bridgehead atoms. The number of anilines is 1. The Morgan fingerprint density at radius 3 is 2.95 bits per heavy atom. The second-order valence-corrected chi connectivity index (χ2v) is 5.33. The van der Waals surface area contributed by atoms with Crippen LogP contribution in [0.25, 0.3) is 0 Å². The van der Waals surface area contributed by atoms with Crippen LogP contribution < -0.4 is 10.2 Å². The van der Waals surface area contributed by atoms with Crippen molar-refractivity contribution < 1.29 is 9.50 Å². The normalized spacial score (nSPS) is 23.7. The number of piperidine rings is 1. The molecule has 1 saturated heterocycles. The largest absolute Gasteiger partial charge is 0.391 e. The second-order valence-electron chi connectivity index (χ2n) is 5.33. The van der Waals surface area contributed by atoms with E-state index in [4.69, 9.17) is 0 Å². The number of halogens is 1. The first-order chi connectivity index (χ1) is 9.11. The molecule has 2 atom stereocenters. The molecular weight excluding hydrogens is 243 g/mol. The highest BCUT2D eigenvalue weighted by molar-refractivity contribution is 5.54. The Morgan fingerprint density at radius 1 is 1.47 bits per heavy atom. The van der Waals surface area contributed by atoms with Crippen LogP contribution in [0.4, 0.5) is 10.1 Å². The molecule has 0 spiro atoms. The summed E-state index contributed by atoms with van der Waals surface area (Å²) < 4.78 is 13.4. The molecule has 0 amide bonds. The molecule has 1 aromatic rings. The van der Waals surface area contributed by atoms with Crippen molar-refractivity contribution in [3.63, 3.8) is 0 Å². The summed E-state index contributed by atoms with van der Waals surface area (Å²) in [7, 11) is 0. The molecule has 0 saturated carbocycles. The van der Waals surface area contributed by atoms with Gasteiger partial charge in [0.2, 0.25) is 0 Å². The summed E-state index contributed by atoms with van der Waals surface area (Å²) in [4.78, 5) is 2.16. The summed E-state index contributed by atoms with van der Waals surface area (Å²) in [6.07, 6.45) is 0.671. The first kappa shape index (κ1) is 14.3. The monoisotopic (exact) mass is 266 g/mol. The van der Waals surface area contributed by atoms with E-state index in [1.807, 2.05) is 13.0 Å². The third-order valence-electron chi connectivity index (χ3n) is 3.87. The lowest BCUT2D eigenvalue weighted by atomic mass is 9.95. The van der Waals surface area contributed by atoms with E-state index in [2.05, 4.69) is 17.1 Å². The third-order valence-corrected chi connectivity index (χ3v) is 3.87. The Bertz CT molecular complexity index is 425. The van der Waals surface area contributed by atoms with E-state index in [1.54, 1.807) is 6.07 Å². The van der Waals surface area contributed by atoms with Crippen molar-refractivity contribution in [1.82, 2.24) is 5.32 Å². The number of β-amino-alcohol motifs (C(OH)–C–C–N with tert-alkyl or cyclic N) is 1. The fourth-order valence-corrected chi connectivity index (χ4v) is 2.53. The number of rotatable bonds is 4. The van der Waals surface area contributed by atoms with Crippen molar-refractivity contribution in [3.05, 3.63) is 29.6 Å². The molecule has 106 valence electrons. The summed E-state index contributed by atoms with van der Waals surface area (Å²) in [6.45, 7) is 7.17. The van der Waals surface area contributed by atoms with Gasteiger partial charge in [-0.3, -0.25) is 0 Å². The van der Waals surface area contributed by atoms with E-state index in [0.717, 1.165) is 30.8 Å². The van der Waals surface area contributed by atoms with Gasteiger partial charge >= 0.3 is 0 Å². The molecule has 0 aromatic heterocycles. The Morgan fingerprint density at radius 2 is 2.26 bits per heavy atom. The molecule has 0 aliphatic carbocycles. The maximum Gasteiger partial charge on any atom is 0.123 e. The predicted molar refractivity (Wildman–Crippen MR) is 75.8 cm³/mol. The zero-order chi connectivity index (χ0) is 13.8. The van der Waals surface area contributed by atoms with Crippen molar-refractivity contribution in [3.8, 4) is 0 Å². The minimum atomic E-state index is -0.300. The highest BCUT2D eigenvalue weighted by Gasteiger charge is 2.25. The zero-order valence-electron chi connectivity index (χ0n) is 11.7. The number of nitrogens with zero attached hydrogens (tertiary/aromatic N) is 1. The molecule has 2 rings (SSSR count). The molecule has 3 nitrogen and oxygen atoms in total. The van der Waals surface area contributed by atoms with Gasteiger partial charge in [-0.2, -0.15) is 0 Å². The molecule has 1 aromatic carbocycles. The van der Waals surface area contributed by atoms with E-state index in [1.165, 1.54) is 6.07 Å². The van der Waals surface area contributed by atoms with Crippen molar-refractivity contribution >= 4 is 5.69 Å². The number of hydrogen-bond donors (Lipinski definition) is 2. The van der Waals surface area contributed by atoms with E-state index < -0.39 is 0 Å². The highest BCUT2D eigenvalue weighted by atomic mass is 19.1. The van der Waals surface area contributed by atoms with Gasteiger partial charge in [-0.05, 0) is 42.6 Å².